The van der Waals surface area contributed by atoms with Crippen molar-refractivity contribution >= 4 is 50.9 Å². The van der Waals surface area contributed by atoms with Gasteiger partial charge in [0.25, 0.3) is 11.4 Å². The number of anilines is 2. The van der Waals surface area contributed by atoms with Crippen molar-refractivity contribution < 1.29 is 19.4 Å². The van der Waals surface area contributed by atoms with Gasteiger partial charge in [-0.15, -0.1) is 0 Å². The van der Waals surface area contributed by atoms with Crippen LogP contribution in [0.15, 0.2) is 73.1 Å². The number of benzene rings is 2. The molecule has 6 aromatic rings. The van der Waals surface area contributed by atoms with Crippen LogP contribution in [0.4, 0.5) is 27.8 Å². The normalized spacial score (nSPS) is 17.9. The summed E-state index contributed by atoms with van der Waals surface area (Å²) < 4.78 is 5.50. The number of aromatic nitrogens is 6. The molecule has 1 amide bonds. The fraction of sp³-hybridized carbons (Fsp3) is 0.490. The number of carbonyl (C=O) groups is 1. The lowest BCUT2D eigenvalue weighted by Gasteiger charge is -2.38. The van der Waals surface area contributed by atoms with Crippen molar-refractivity contribution in [2.24, 2.45) is 0 Å². The number of pyridine rings is 2. The number of nitrogens with one attached hydrogen (secondary N) is 3. The number of hydrogen-bond donors (Lipinski definition) is 3. The van der Waals surface area contributed by atoms with Crippen LogP contribution >= 0.6 is 0 Å². The summed E-state index contributed by atoms with van der Waals surface area (Å²) in [6.45, 7) is 25.0. The second-order valence-electron chi connectivity index (χ2n) is 19.5. The summed E-state index contributed by atoms with van der Waals surface area (Å²) in [5.41, 5.74) is 4.35. The molecule has 0 bridgehead atoms. The van der Waals surface area contributed by atoms with Gasteiger partial charge in [-0.05, 0) is 57.2 Å². The number of fused-ring (bicyclic) bond motifs is 2. The van der Waals surface area contributed by atoms with Gasteiger partial charge < -0.3 is 24.8 Å². The van der Waals surface area contributed by atoms with Gasteiger partial charge in [0.1, 0.15) is 28.6 Å². The number of hydrogen-bond acceptors (Lipinski definition) is 17. The van der Waals surface area contributed by atoms with E-state index in [1.165, 1.54) is 12.1 Å². The molecule has 0 spiro atoms. The van der Waals surface area contributed by atoms with Gasteiger partial charge in [0.05, 0.1) is 20.9 Å². The minimum Gasteiger partial charge on any atom is -0.444 e. The number of non-ortho nitro benzene ring substituents is 2. The first-order chi connectivity index (χ1) is 34.3. The van der Waals surface area contributed by atoms with E-state index in [0.717, 1.165) is 162 Å². The lowest BCUT2D eigenvalue weighted by molar-refractivity contribution is -0.384. The molecule has 4 fully saturated rings. The molecule has 10 rings (SSSR count). The SMILES string of the molecule is CC(C)(C)OC(=O)N1CCN(CCN2CCN(c3cc(-c4n[nH]c5ccc([N+](=O)[O-])cc45)ccn3)CC2)CC1.O=[N+]([O-])c1ccc2[nH]nc(-c3ccnc(N4CCN(CCN5CCNCC5)CC4)c3)c2c1. The minimum absolute atomic E-state index is 0.0421. The Hall–Kier alpha value is -6.85. The Morgan fingerprint density at radius 3 is 1.39 bits per heavy atom. The maximum Gasteiger partial charge on any atom is 0.410 e. The summed E-state index contributed by atoms with van der Waals surface area (Å²) >= 11 is 0. The molecule has 4 aromatic heterocycles. The van der Waals surface area contributed by atoms with Gasteiger partial charge in [-0.2, -0.15) is 10.2 Å². The Morgan fingerprint density at radius 2 is 0.986 bits per heavy atom. The Balaban J connectivity index is 0.000000179. The van der Waals surface area contributed by atoms with Crippen LogP contribution in [0.25, 0.3) is 44.3 Å². The Kier molecular flexibility index (Phi) is 15.3. The molecule has 0 aliphatic carbocycles. The highest BCUT2D eigenvalue weighted by Gasteiger charge is 2.27. The van der Waals surface area contributed by atoms with E-state index < -0.39 is 10.5 Å². The van der Waals surface area contributed by atoms with Crippen molar-refractivity contribution in [1.82, 2.24) is 60.2 Å². The molecular formula is C49H64N16O6. The van der Waals surface area contributed by atoms with E-state index >= 15 is 0 Å². The molecule has 4 saturated heterocycles. The molecule has 0 atom stereocenters. The first kappa shape index (κ1) is 49.1. The van der Waals surface area contributed by atoms with Crippen LogP contribution in [0, 0.1) is 20.2 Å². The second-order valence-corrected chi connectivity index (χ2v) is 19.5. The van der Waals surface area contributed by atoms with E-state index in [9.17, 15) is 25.0 Å². The van der Waals surface area contributed by atoms with Crippen molar-refractivity contribution in [3.63, 3.8) is 0 Å². The van der Waals surface area contributed by atoms with Crippen LogP contribution < -0.4 is 15.1 Å². The number of nitro groups is 2. The van der Waals surface area contributed by atoms with Gasteiger partial charge in [0.2, 0.25) is 0 Å². The third kappa shape index (κ3) is 12.4. The summed E-state index contributed by atoms with van der Waals surface area (Å²) in [7, 11) is 0. The summed E-state index contributed by atoms with van der Waals surface area (Å²) in [5.74, 6) is 1.80. The van der Waals surface area contributed by atoms with Gasteiger partial charge >= 0.3 is 6.09 Å². The third-order valence-electron chi connectivity index (χ3n) is 13.6. The molecule has 71 heavy (non-hydrogen) atoms. The zero-order chi connectivity index (χ0) is 49.5. The number of rotatable bonds is 12. The Morgan fingerprint density at radius 1 is 0.577 bits per heavy atom. The Labute approximate surface area is 412 Å². The molecule has 2 aromatic carbocycles. The van der Waals surface area contributed by atoms with Crippen LogP contribution in [0.2, 0.25) is 0 Å². The minimum atomic E-state index is -0.469. The van der Waals surface area contributed by atoms with Crippen molar-refractivity contribution in [2.75, 3.05) is 141 Å². The molecule has 22 nitrogen and oxygen atoms in total. The van der Waals surface area contributed by atoms with E-state index in [1.807, 2.05) is 45.0 Å². The number of carbonyl (C=O) groups excluding carboxylic acids is 1. The molecule has 0 saturated carbocycles. The highest BCUT2D eigenvalue weighted by molar-refractivity contribution is 5.95. The quantitative estimate of drug-likeness (QED) is 0.111. The van der Waals surface area contributed by atoms with Gasteiger partial charge in [-0.1, -0.05) is 0 Å². The standard InChI is InChI=1S/C27H36N8O4.C22H28N8O2/c1-27(2,3)39-26(36)34-16-12-32(13-17-34)9-8-31-10-14-33(15-11-31)24-18-20(6-7-28-24)25-22-19-21(35(37)38)4-5-23(22)29-30-25;31-30(32)18-1-2-20-19(16-18)22(26-25-20)17-3-4-24-21(15-17)29-13-11-28(12-14-29)10-9-27-7-5-23-6-8-27/h4-7,18-19H,8-17H2,1-3H3,(H,29,30);1-4,15-16,23H,5-14H2,(H,25,26). The lowest BCUT2D eigenvalue weighted by atomic mass is 10.1. The fourth-order valence-electron chi connectivity index (χ4n) is 9.53. The van der Waals surface area contributed by atoms with Crippen molar-refractivity contribution in [3.05, 3.63) is 93.3 Å². The van der Waals surface area contributed by atoms with E-state index in [-0.39, 0.29) is 22.4 Å². The van der Waals surface area contributed by atoms with Gasteiger partial charge in [-0.25, -0.2) is 14.8 Å². The zero-order valence-corrected chi connectivity index (χ0v) is 40.8. The molecular weight excluding hydrogens is 909 g/mol. The molecule has 376 valence electrons. The number of H-pyrrole nitrogens is 2. The maximum absolute atomic E-state index is 12.3. The van der Waals surface area contributed by atoms with Crippen molar-refractivity contribution in [1.29, 1.82) is 0 Å². The number of amides is 1. The van der Waals surface area contributed by atoms with Crippen molar-refractivity contribution in [2.45, 2.75) is 26.4 Å². The average Bonchev–Trinajstić information content (AvgIpc) is 4.02. The topological polar surface area (TPSA) is 230 Å². The first-order valence-electron chi connectivity index (χ1n) is 24.6. The zero-order valence-electron chi connectivity index (χ0n) is 40.8. The monoisotopic (exact) mass is 973 g/mol. The van der Waals surface area contributed by atoms with Crippen LogP contribution in [0.3, 0.4) is 0 Å². The van der Waals surface area contributed by atoms with Crippen LogP contribution in [0.5, 0.6) is 0 Å². The van der Waals surface area contributed by atoms with E-state index in [1.54, 1.807) is 41.6 Å². The highest BCUT2D eigenvalue weighted by atomic mass is 16.6. The summed E-state index contributed by atoms with van der Waals surface area (Å²) in [6.07, 6.45) is 3.34. The Bertz CT molecular complexity index is 2780. The van der Waals surface area contributed by atoms with E-state index in [0.29, 0.717) is 24.5 Å². The summed E-state index contributed by atoms with van der Waals surface area (Å²) in [5, 5.41) is 42.1. The van der Waals surface area contributed by atoms with E-state index in [2.05, 4.69) is 65.1 Å². The number of aromatic amines is 2. The van der Waals surface area contributed by atoms with Gasteiger partial charge in [-0.3, -0.25) is 50.0 Å². The number of ether oxygens (including phenoxy) is 1. The fourth-order valence-corrected chi connectivity index (χ4v) is 9.53. The predicted octanol–water partition coefficient (Wildman–Crippen LogP) is 4.77. The largest absolute Gasteiger partial charge is 0.444 e. The van der Waals surface area contributed by atoms with Crippen LogP contribution in [-0.4, -0.2) is 207 Å². The number of nitro benzene ring substituents is 2. The first-order valence-corrected chi connectivity index (χ1v) is 24.6. The summed E-state index contributed by atoms with van der Waals surface area (Å²) in [6, 6.07) is 17.3. The average molecular weight is 973 g/mol. The van der Waals surface area contributed by atoms with Crippen molar-refractivity contribution in [3.8, 4) is 22.5 Å². The smallest absolute Gasteiger partial charge is 0.410 e. The lowest BCUT2D eigenvalue weighted by Crippen LogP contribution is -2.53. The van der Waals surface area contributed by atoms with Crippen LogP contribution in [0.1, 0.15) is 20.8 Å². The summed E-state index contributed by atoms with van der Waals surface area (Å²) in [4.78, 5) is 59.5. The van der Waals surface area contributed by atoms with Crippen LogP contribution in [-0.2, 0) is 4.74 Å². The number of nitrogens with zero attached hydrogens (tertiary/aromatic N) is 13. The molecule has 22 heteroatoms. The maximum atomic E-state index is 12.3. The van der Waals surface area contributed by atoms with Gasteiger partial charge in [0.15, 0.2) is 0 Å². The number of piperazine rings is 4. The molecule has 4 aliphatic heterocycles. The van der Waals surface area contributed by atoms with E-state index in [4.69, 9.17) is 4.74 Å². The molecule has 0 unspecified atom stereocenters. The highest BCUT2D eigenvalue weighted by Crippen LogP contribution is 2.32. The molecule has 4 aliphatic rings. The second kappa shape index (κ2) is 22.1. The molecule has 8 heterocycles. The predicted molar refractivity (Wildman–Crippen MR) is 273 cm³/mol. The third-order valence-corrected chi connectivity index (χ3v) is 13.6. The van der Waals surface area contributed by atoms with Gasteiger partial charge in [0, 0.05) is 189 Å². The molecule has 3 N–H and O–H groups in total. The molecule has 0 radical (unpaired) electrons.